The van der Waals surface area contributed by atoms with E-state index in [1.54, 1.807) is 11.8 Å². The summed E-state index contributed by atoms with van der Waals surface area (Å²) in [6.07, 6.45) is 0.811. The molecule has 2 aliphatic heterocycles. The Balaban J connectivity index is 1.89. The summed E-state index contributed by atoms with van der Waals surface area (Å²) >= 11 is 1.62. The van der Waals surface area contributed by atoms with E-state index in [2.05, 4.69) is 13.1 Å². The molecule has 150 valence electrons. The summed E-state index contributed by atoms with van der Waals surface area (Å²) in [6.45, 7) is -0.570. The molecule has 2 aliphatic rings. The molecule has 0 bridgehead atoms. The first-order valence-electron chi connectivity index (χ1n) is 7.32. The minimum atomic E-state index is -5.55. The van der Waals surface area contributed by atoms with Crippen LogP contribution >= 0.6 is 35.2 Å². The summed E-state index contributed by atoms with van der Waals surface area (Å²) < 4.78 is 56.5. The Morgan fingerprint density at radius 3 is 2.38 bits per heavy atom. The minimum absolute atomic E-state index is 0.0529. The second-order valence-corrected chi connectivity index (χ2v) is 11.1. The molecule has 0 aliphatic carbocycles. The van der Waals surface area contributed by atoms with Gasteiger partial charge < -0.3 is 29.0 Å². The molecule has 0 amide bonds. The van der Waals surface area contributed by atoms with E-state index >= 15 is 0 Å². The first-order chi connectivity index (χ1) is 11.9. The zero-order valence-electron chi connectivity index (χ0n) is 13.2. The molecule has 0 aromatic carbocycles. The van der Waals surface area contributed by atoms with Crippen LogP contribution in [0.5, 0.6) is 0 Å². The molecule has 2 heterocycles. The number of thioether (sulfide) groups is 1. The van der Waals surface area contributed by atoms with Gasteiger partial charge in [0.2, 0.25) is 0 Å². The van der Waals surface area contributed by atoms with Crippen LogP contribution < -0.4 is 0 Å². The Hall–Kier alpha value is 0.745. The first kappa shape index (κ1) is 23.0. The van der Waals surface area contributed by atoms with Crippen molar-refractivity contribution in [3.8, 4) is 0 Å². The van der Waals surface area contributed by atoms with Crippen molar-refractivity contribution in [2.24, 2.45) is 0 Å². The Bertz CT molecular complexity index is 623. The van der Waals surface area contributed by atoms with E-state index < -0.39 is 48.3 Å². The quantitative estimate of drug-likeness (QED) is 0.285. The predicted molar refractivity (Wildman–Crippen MR) is 89.2 cm³/mol. The molecule has 2 saturated heterocycles. The van der Waals surface area contributed by atoms with E-state index in [0.29, 0.717) is 6.42 Å². The molecular formula is C9H18BO12P3S. The van der Waals surface area contributed by atoms with Crippen molar-refractivity contribution < 1.29 is 55.9 Å². The maximum atomic E-state index is 11.7. The Morgan fingerprint density at radius 2 is 1.81 bits per heavy atom. The summed E-state index contributed by atoms with van der Waals surface area (Å²) in [4.78, 5) is 35.5. The highest BCUT2D eigenvalue weighted by atomic mass is 32.2. The fraction of sp³-hybridized carbons (Fsp3) is 1.00. The van der Waals surface area contributed by atoms with Gasteiger partial charge in [-0.1, -0.05) is 0 Å². The lowest BCUT2D eigenvalue weighted by molar-refractivity contribution is -0.0443. The molecule has 2 rings (SSSR count). The highest BCUT2D eigenvalue weighted by molar-refractivity contribution is 8.00. The average Bonchev–Trinajstić information content (AvgIpc) is 3.02. The summed E-state index contributed by atoms with van der Waals surface area (Å²) in [7, 11) is -10.5. The van der Waals surface area contributed by atoms with Gasteiger partial charge in [-0.2, -0.15) is 8.62 Å². The Labute approximate surface area is 154 Å². The van der Waals surface area contributed by atoms with E-state index in [9.17, 15) is 18.6 Å². The molecule has 6 atom stereocenters. The molecule has 17 heteroatoms. The van der Waals surface area contributed by atoms with Crippen molar-refractivity contribution in [2.75, 3.05) is 12.4 Å². The normalized spacial score (nSPS) is 34.5. The number of phosphoric acid groups is 3. The number of hydrogen-bond donors (Lipinski definition) is 4. The molecule has 0 aromatic rings. The van der Waals surface area contributed by atoms with Crippen LogP contribution in [0.25, 0.3) is 0 Å². The Kier molecular flexibility index (Phi) is 8.01. The lowest BCUT2D eigenvalue weighted by atomic mass is 9.96. The lowest BCUT2D eigenvalue weighted by Crippen LogP contribution is -2.31. The van der Waals surface area contributed by atoms with E-state index in [1.165, 1.54) is 0 Å². The van der Waals surface area contributed by atoms with Crippen molar-refractivity contribution in [2.45, 2.75) is 42.9 Å². The van der Waals surface area contributed by atoms with Crippen molar-refractivity contribution in [1.29, 1.82) is 0 Å². The monoisotopic (exact) mass is 454 g/mol. The molecule has 0 aromatic heterocycles. The summed E-state index contributed by atoms with van der Waals surface area (Å²) in [6, 6.07) is -0.680. The van der Waals surface area contributed by atoms with Crippen LogP contribution in [0, 0.1) is 0 Å². The van der Waals surface area contributed by atoms with Gasteiger partial charge in [-0.3, -0.25) is 4.52 Å². The summed E-state index contributed by atoms with van der Waals surface area (Å²) in [5.41, 5.74) is -0.0529. The molecule has 6 unspecified atom stereocenters. The number of ether oxygens (including phenoxy) is 2. The number of phosphoric ester groups is 1. The molecule has 26 heavy (non-hydrogen) atoms. The largest absolute Gasteiger partial charge is 0.490 e. The maximum Gasteiger partial charge on any atom is 0.490 e. The highest BCUT2D eigenvalue weighted by Gasteiger charge is 2.43. The summed E-state index contributed by atoms with van der Waals surface area (Å²) in [5, 5.41) is 0. The zero-order valence-corrected chi connectivity index (χ0v) is 16.7. The van der Waals surface area contributed by atoms with Gasteiger partial charge in [0.25, 0.3) is 0 Å². The van der Waals surface area contributed by atoms with Crippen LogP contribution in [0.3, 0.4) is 0 Å². The third-order valence-corrected chi connectivity index (χ3v) is 8.31. The van der Waals surface area contributed by atoms with Crippen LogP contribution in [0.2, 0.25) is 0 Å². The topological polar surface area (TPSA) is 178 Å². The fourth-order valence-electron chi connectivity index (χ4n) is 2.36. The van der Waals surface area contributed by atoms with Gasteiger partial charge in [0, 0.05) is 6.00 Å². The van der Waals surface area contributed by atoms with E-state index in [4.69, 9.17) is 32.0 Å². The standard InChI is InChI=1S/C9H18BO12P3S/c10-8-4-6(20-9-2-1-3-26-9)7(19-8)5-18-24(14,15)22-25(16,17)21-23(11,12)13/h6-9H,1-5H2,(H,14,15)(H,16,17)(H2,11,12,13). The SMILES string of the molecule is [B]C1CC(OC2CCCS2)C(COP(=O)(O)OP(=O)(O)OP(=O)(O)O)O1. The smallest absolute Gasteiger partial charge is 0.380 e. The fourth-order valence-corrected chi connectivity index (χ4v) is 6.54. The van der Waals surface area contributed by atoms with E-state index in [0.717, 1.165) is 18.6 Å². The lowest BCUT2D eigenvalue weighted by Gasteiger charge is -2.23. The predicted octanol–water partition coefficient (Wildman–Crippen LogP) is 0.851. The van der Waals surface area contributed by atoms with Crippen molar-refractivity contribution in [3.05, 3.63) is 0 Å². The van der Waals surface area contributed by atoms with Gasteiger partial charge in [0.1, 0.15) is 19.4 Å². The maximum absolute atomic E-state index is 11.7. The van der Waals surface area contributed by atoms with Crippen molar-refractivity contribution in [3.63, 3.8) is 0 Å². The molecule has 2 fully saturated rings. The molecule has 2 radical (unpaired) electrons. The third kappa shape index (κ3) is 8.01. The minimum Gasteiger partial charge on any atom is -0.380 e. The van der Waals surface area contributed by atoms with Crippen LogP contribution in [0.1, 0.15) is 19.3 Å². The molecule has 12 nitrogen and oxygen atoms in total. The average molecular weight is 454 g/mol. The Morgan fingerprint density at radius 1 is 1.12 bits per heavy atom. The van der Waals surface area contributed by atoms with Gasteiger partial charge in [-0.15, -0.1) is 11.8 Å². The molecule has 0 spiro atoms. The first-order valence-corrected chi connectivity index (χ1v) is 12.9. The van der Waals surface area contributed by atoms with Gasteiger partial charge in [-0.25, -0.2) is 13.7 Å². The van der Waals surface area contributed by atoms with Gasteiger partial charge in [0.05, 0.1) is 12.7 Å². The summed E-state index contributed by atoms with van der Waals surface area (Å²) in [5.74, 6) is 0.955. The van der Waals surface area contributed by atoms with E-state index in [1.807, 2.05) is 0 Å². The number of hydrogen-bond acceptors (Lipinski definition) is 9. The second kappa shape index (κ2) is 9.05. The van der Waals surface area contributed by atoms with Gasteiger partial charge in [-0.05, 0) is 25.0 Å². The molecule has 4 N–H and O–H groups in total. The molecular weight excluding hydrogens is 436 g/mol. The highest BCUT2D eigenvalue weighted by Crippen LogP contribution is 2.66. The van der Waals surface area contributed by atoms with Crippen LogP contribution in [0.15, 0.2) is 0 Å². The van der Waals surface area contributed by atoms with Crippen LogP contribution in [-0.2, 0) is 36.3 Å². The molecule has 0 saturated carbocycles. The van der Waals surface area contributed by atoms with E-state index in [-0.39, 0.29) is 5.44 Å². The van der Waals surface area contributed by atoms with Crippen LogP contribution in [0.4, 0.5) is 0 Å². The van der Waals surface area contributed by atoms with Crippen molar-refractivity contribution in [1.82, 2.24) is 0 Å². The number of rotatable bonds is 9. The third-order valence-electron chi connectivity index (χ3n) is 3.26. The second-order valence-electron chi connectivity index (χ2n) is 5.45. The van der Waals surface area contributed by atoms with Crippen LogP contribution in [-0.4, -0.2) is 63.4 Å². The van der Waals surface area contributed by atoms with Gasteiger partial charge >= 0.3 is 23.5 Å². The van der Waals surface area contributed by atoms with Gasteiger partial charge in [0.15, 0.2) is 0 Å². The zero-order chi connectivity index (χ0) is 19.6. The van der Waals surface area contributed by atoms with Crippen molar-refractivity contribution >= 4 is 43.1 Å².